The predicted octanol–water partition coefficient (Wildman–Crippen LogP) is 1.64. The van der Waals surface area contributed by atoms with E-state index in [0.29, 0.717) is 0 Å². The maximum atomic E-state index is 11.3. The van der Waals surface area contributed by atoms with Crippen LogP contribution in [0.5, 0.6) is 0 Å². The Kier molecular flexibility index (Phi) is 2.01. The van der Waals surface area contributed by atoms with Crippen molar-refractivity contribution in [3.63, 3.8) is 0 Å². The summed E-state index contributed by atoms with van der Waals surface area (Å²) in [6, 6.07) is 0. The molecular weight excluding hydrogens is 119 g/mol. The normalized spacial score (nSPS) is 14.4. The molecule has 0 radical (unpaired) electrons. The molecule has 0 aliphatic heterocycles. The van der Waals surface area contributed by atoms with Crippen LogP contribution >= 0.6 is 0 Å². The van der Waals surface area contributed by atoms with Gasteiger partial charge >= 0.3 is 6.18 Å². The molecule has 48 valence electrons. The van der Waals surface area contributed by atoms with Crippen LogP contribution < -0.4 is 0 Å². The predicted molar refractivity (Wildman–Crippen MR) is 25.1 cm³/mol. The number of alkyl halides is 3. The van der Waals surface area contributed by atoms with Gasteiger partial charge in [0.25, 0.3) is 0 Å². The lowest BCUT2D eigenvalue weighted by Gasteiger charge is -2.01. The number of nitrogens with zero attached hydrogens (tertiary/aromatic N) is 1. The summed E-state index contributed by atoms with van der Waals surface area (Å²) in [6.07, 6.45) is -4.24. The first kappa shape index (κ1) is 7.46. The van der Waals surface area contributed by atoms with Gasteiger partial charge in [-0.3, -0.25) is 4.99 Å². The number of hydrogen-bond donors (Lipinski definition) is 0. The van der Waals surface area contributed by atoms with E-state index in [1.807, 2.05) is 0 Å². The zero-order valence-electron chi connectivity index (χ0n) is 4.58. The van der Waals surface area contributed by atoms with Crippen LogP contribution in [0.4, 0.5) is 13.2 Å². The van der Waals surface area contributed by atoms with Crippen LogP contribution in [0.25, 0.3) is 0 Å². The monoisotopic (exact) mass is 125 g/mol. The number of rotatable bonds is 0. The van der Waals surface area contributed by atoms with Crippen molar-refractivity contribution in [1.29, 1.82) is 0 Å². The van der Waals surface area contributed by atoms with E-state index in [-0.39, 0.29) is 0 Å². The lowest BCUT2D eigenvalue weighted by atomic mass is 10.4. The second-order valence-electron chi connectivity index (χ2n) is 1.31. The van der Waals surface area contributed by atoms with Crippen molar-refractivity contribution < 1.29 is 13.2 Å². The van der Waals surface area contributed by atoms with Crippen molar-refractivity contribution in [2.45, 2.75) is 13.1 Å². The molecule has 0 amide bonds. The molecule has 0 fully saturated rings. The van der Waals surface area contributed by atoms with Gasteiger partial charge in [-0.1, -0.05) is 0 Å². The Labute approximate surface area is 45.2 Å². The summed E-state index contributed by atoms with van der Waals surface area (Å²) in [5, 5.41) is 0. The minimum Gasteiger partial charge on any atom is -0.288 e. The highest BCUT2D eigenvalue weighted by atomic mass is 19.4. The van der Waals surface area contributed by atoms with Gasteiger partial charge in [0.2, 0.25) is 0 Å². The number of aliphatic imine (C=N–C) groups is 1. The summed E-state index contributed by atoms with van der Waals surface area (Å²) >= 11 is 0. The third-order valence-electron chi connectivity index (χ3n) is 0.746. The van der Waals surface area contributed by atoms with E-state index in [2.05, 4.69) is 4.99 Å². The molecular formula is C4H6F3N. The smallest absolute Gasteiger partial charge is 0.288 e. The Hall–Kier alpha value is -0.540. The first-order valence-corrected chi connectivity index (χ1v) is 1.99. The third-order valence-corrected chi connectivity index (χ3v) is 0.746. The molecule has 0 saturated heterocycles. The molecule has 0 saturated carbocycles. The lowest BCUT2D eigenvalue weighted by molar-refractivity contribution is -0.0592. The topological polar surface area (TPSA) is 12.4 Å². The van der Waals surface area contributed by atoms with E-state index in [9.17, 15) is 13.2 Å². The van der Waals surface area contributed by atoms with E-state index in [0.717, 1.165) is 14.0 Å². The van der Waals surface area contributed by atoms with Gasteiger partial charge in [0.15, 0.2) is 0 Å². The van der Waals surface area contributed by atoms with Gasteiger partial charge in [-0.05, 0) is 6.92 Å². The zero-order chi connectivity index (χ0) is 6.78. The lowest BCUT2D eigenvalue weighted by Crippen LogP contribution is -2.18. The van der Waals surface area contributed by atoms with Gasteiger partial charge in [0.05, 0.1) is 0 Å². The maximum absolute atomic E-state index is 11.3. The van der Waals surface area contributed by atoms with Crippen LogP contribution in [-0.4, -0.2) is 18.9 Å². The standard InChI is InChI=1S/C4H6F3N/c1-3(8-2)4(5,6)7/h1-2H3/b8-3+. The fraction of sp³-hybridized carbons (Fsp3) is 0.750. The van der Waals surface area contributed by atoms with Crippen LogP contribution in [0.2, 0.25) is 0 Å². The second-order valence-corrected chi connectivity index (χ2v) is 1.31. The van der Waals surface area contributed by atoms with E-state index in [1.165, 1.54) is 0 Å². The molecule has 0 aromatic carbocycles. The van der Waals surface area contributed by atoms with Gasteiger partial charge in [-0.25, -0.2) is 0 Å². The third kappa shape index (κ3) is 1.95. The van der Waals surface area contributed by atoms with Crippen molar-refractivity contribution in [2.75, 3.05) is 7.05 Å². The van der Waals surface area contributed by atoms with Crippen molar-refractivity contribution in [3.8, 4) is 0 Å². The Morgan fingerprint density at radius 2 is 1.75 bits per heavy atom. The summed E-state index contributed by atoms with van der Waals surface area (Å²) in [4.78, 5) is 2.95. The van der Waals surface area contributed by atoms with Crippen LogP contribution in [0.1, 0.15) is 6.92 Å². The van der Waals surface area contributed by atoms with Gasteiger partial charge in [-0.2, -0.15) is 13.2 Å². The van der Waals surface area contributed by atoms with Gasteiger partial charge < -0.3 is 0 Å². The Balaban J connectivity index is 4.03. The molecule has 0 N–H and O–H groups in total. The molecule has 8 heavy (non-hydrogen) atoms. The first-order valence-electron chi connectivity index (χ1n) is 1.99. The summed E-state index contributed by atoms with van der Waals surface area (Å²) in [5.41, 5.74) is -0.794. The summed E-state index contributed by atoms with van der Waals surface area (Å²) in [6.45, 7) is 0.931. The molecule has 0 bridgehead atoms. The highest BCUT2D eigenvalue weighted by molar-refractivity contribution is 5.87. The van der Waals surface area contributed by atoms with Gasteiger partial charge in [0.1, 0.15) is 5.71 Å². The SMILES string of the molecule is C/N=C(\C)C(F)(F)F. The highest BCUT2D eigenvalue weighted by Crippen LogP contribution is 2.15. The first-order chi connectivity index (χ1) is 3.48. The molecule has 1 nitrogen and oxygen atoms in total. The summed E-state index contributed by atoms with van der Waals surface area (Å²) < 4.78 is 34.0. The zero-order valence-corrected chi connectivity index (χ0v) is 4.58. The molecule has 0 aromatic heterocycles. The fourth-order valence-electron chi connectivity index (χ4n) is 0.127. The van der Waals surface area contributed by atoms with Gasteiger partial charge in [-0.15, -0.1) is 0 Å². The Morgan fingerprint density at radius 1 is 1.38 bits per heavy atom. The molecule has 0 aromatic rings. The molecule has 0 aliphatic carbocycles. The second kappa shape index (κ2) is 2.15. The Morgan fingerprint density at radius 3 is 1.75 bits per heavy atom. The fourth-order valence-corrected chi connectivity index (χ4v) is 0.127. The van der Waals surface area contributed by atoms with Crippen molar-refractivity contribution in [2.24, 2.45) is 4.99 Å². The quantitative estimate of drug-likeness (QED) is 0.436. The highest BCUT2D eigenvalue weighted by Gasteiger charge is 2.30. The van der Waals surface area contributed by atoms with Crippen LogP contribution in [0.3, 0.4) is 0 Å². The van der Waals surface area contributed by atoms with Crippen LogP contribution in [-0.2, 0) is 0 Å². The Bertz CT molecular complexity index is 102. The average Bonchev–Trinajstić information content (AvgIpc) is 1.62. The molecule has 0 atom stereocenters. The van der Waals surface area contributed by atoms with E-state index >= 15 is 0 Å². The minimum absolute atomic E-state index is 0.794. The van der Waals surface area contributed by atoms with Crippen molar-refractivity contribution >= 4 is 5.71 Å². The summed E-state index contributed by atoms with van der Waals surface area (Å²) in [5.74, 6) is 0. The summed E-state index contributed by atoms with van der Waals surface area (Å²) in [7, 11) is 1.11. The largest absolute Gasteiger partial charge is 0.428 e. The van der Waals surface area contributed by atoms with Gasteiger partial charge in [0, 0.05) is 7.05 Å². The molecule has 0 aliphatic rings. The molecule has 0 heterocycles. The van der Waals surface area contributed by atoms with Crippen molar-refractivity contribution in [3.05, 3.63) is 0 Å². The number of halogens is 3. The van der Waals surface area contributed by atoms with E-state index in [4.69, 9.17) is 0 Å². The van der Waals surface area contributed by atoms with Crippen molar-refractivity contribution in [1.82, 2.24) is 0 Å². The molecule has 0 rings (SSSR count). The van der Waals surface area contributed by atoms with Crippen LogP contribution in [0, 0.1) is 0 Å². The average molecular weight is 125 g/mol. The molecule has 0 spiro atoms. The maximum Gasteiger partial charge on any atom is 0.428 e. The van der Waals surface area contributed by atoms with Crippen LogP contribution in [0.15, 0.2) is 4.99 Å². The molecule has 4 heteroatoms. The minimum atomic E-state index is -4.24. The molecule has 0 unspecified atom stereocenters. The van der Waals surface area contributed by atoms with E-state index in [1.54, 1.807) is 0 Å². The number of hydrogen-bond acceptors (Lipinski definition) is 1. The van der Waals surface area contributed by atoms with E-state index < -0.39 is 11.9 Å².